The Hall–Kier alpha value is -3.68. The van der Waals surface area contributed by atoms with E-state index in [0.29, 0.717) is 35.7 Å². The molecule has 0 aromatic heterocycles. The van der Waals surface area contributed by atoms with E-state index in [1.54, 1.807) is 36.4 Å². The molecule has 34 heavy (non-hydrogen) atoms. The fourth-order valence-electron chi connectivity index (χ4n) is 3.59. The van der Waals surface area contributed by atoms with Gasteiger partial charge in [-0.1, -0.05) is 36.4 Å². The zero-order chi connectivity index (χ0) is 24.3. The minimum atomic E-state index is -0.972. The number of unbranched alkanes of at least 4 members (excludes halogenated alkanes) is 2. The van der Waals surface area contributed by atoms with Crippen LogP contribution in [0.4, 0.5) is 5.69 Å². The number of para-hydroxylation sites is 1. The predicted molar refractivity (Wildman–Crippen MR) is 132 cm³/mol. The van der Waals surface area contributed by atoms with Crippen molar-refractivity contribution in [1.82, 2.24) is 0 Å². The van der Waals surface area contributed by atoms with Crippen molar-refractivity contribution in [2.24, 2.45) is 5.73 Å². The number of aliphatic hydroxyl groups is 1. The summed E-state index contributed by atoms with van der Waals surface area (Å²) in [4.78, 5) is 24.4. The number of aliphatic carboxylic acids is 1. The third-order valence-electron chi connectivity index (χ3n) is 5.34. The van der Waals surface area contributed by atoms with Crippen LogP contribution in [0.3, 0.4) is 0 Å². The maximum Gasteiger partial charge on any atom is 0.307 e. The summed E-state index contributed by atoms with van der Waals surface area (Å²) >= 11 is 0. The van der Waals surface area contributed by atoms with E-state index in [1.807, 2.05) is 30.3 Å². The third-order valence-corrected chi connectivity index (χ3v) is 5.34. The van der Waals surface area contributed by atoms with Gasteiger partial charge in [0.05, 0.1) is 13.0 Å². The van der Waals surface area contributed by atoms with Gasteiger partial charge in [0.25, 0.3) is 5.91 Å². The summed E-state index contributed by atoms with van der Waals surface area (Å²) in [7, 11) is 0. The molecule has 0 saturated heterocycles. The van der Waals surface area contributed by atoms with E-state index in [2.05, 4.69) is 5.32 Å². The van der Waals surface area contributed by atoms with Gasteiger partial charge in [-0.2, -0.15) is 0 Å². The van der Waals surface area contributed by atoms with Crippen LogP contribution in [0.1, 0.15) is 40.7 Å². The van der Waals surface area contributed by atoms with E-state index in [1.165, 1.54) is 0 Å². The molecule has 3 aromatic carbocycles. The Labute approximate surface area is 199 Å². The number of ether oxygens (including phenoxy) is 1. The number of benzene rings is 3. The molecular formula is C27H30N2O5. The molecule has 0 atom stereocenters. The smallest absolute Gasteiger partial charge is 0.307 e. The Balaban J connectivity index is 1.89. The molecule has 7 heteroatoms. The van der Waals surface area contributed by atoms with Gasteiger partial charge in [0.1, 0.15) is 5.75 Å². The van der Waals surface area contributed by atoms with Crippen molar-refractivity contribution < 1.29 is 24.5 Å². The second kappa shape index (κ2) is 12.5. The monoisotopic (exact) mass is 462 g/mol. The Morgan fingerprint density at radius 1 is 0.912 bits per heavy atom. The van der Waals surface area contributed by atoms with Crippen molar-refractivity contribution in [3.05, 3.63) is 83.4 Å². The lowest BCUT2D eigenvalue weighted by Crippen LogP contribution is -2.15. The van der Waals surface area contributed by atoms with Crippen LogP contribution in [-0.2, 0) is 17.8 Å². The maximum atomic E-state index is 13.2. The molecule has 0 aliphatic heterocycles. The van der Waals surface area contributed by atoms with Gasteiger partial charge in [-0.25, -0.2) is 0 Å². The number of carboxylic acids is 1. The predicted octanol–water partition coefficient (Wildman–Crippen LogP) is 4.23. The van der Waals surface area contributed by atoms with E-state index in [4.69, 9.17) is 20.7 Å². The molecule has 178 valence electrons. The highest BCUT2D eigenvalue weighted by Gasteiger charge is 2.14. The number of nitrogens with one attached hydrogen (secondary N) is 1. The first-order valence-electron chi connectivity index (χ1n) is 11.3. The summed E-state index contributed by atoms with van der Waals surface area (Å²) in [5.74, 6) is -0.774. The lowest BCUT2D eigenvalue weighted by molar-refractivity contribution is -0.136. The zero-order valence-corrected chi connectivity index (χ0v) is 19.0. The van der Waals surface area contributed by atoms with Crippen molar-refractivity contribution in [2.45, 2.75) is 32.2 Å². The Bertz CT molecular complexity index is 1130. The van der Waals surface area contributed by atoms with E-state index in [-0.39, 0.29) is 18.9 Å². The van der Waals surface area contributed by atoms with Crippen LogP contribution in [0.2, 0.25) is 0 Å². The minimum Gasteiger partial charge on any atom is -0.494 e. The quantitative estimate of drug-likeness (QED) is 0.299. The second-order valence-corrected chi connectivity index (χ2v) is 7.97. The SMILES string of the molecule is NCc1cccc(-c2cc(OCCCCCO)cc(C(=O)Nc3ccccc3CC(=O)O)c2)c1. The number of carboxylic acid groups (broad SMARTS) is 1. The molecule has 0 saturated carbocycles. The molecule has 5 N–H and O–H groups in total. The number of hydrogen-bond donors (Lipinski definition) is 4. The first-order valence-corrected chi connectivity index (χ1v) is 11.3. The highest BCUT2D eigenvalue weighted by molar-refractivity contribution is 6.06. The number of aliphatic hydroxyl groups excluding tert-OH is 1. The van der Waals surface area contributed by atoms with E-state index < -0.39 is 5.97 Å². The summed E-state index contributed by atoms with van der Waals surface area (Å²) in [6.07, 6.45) is 2.17. The number of amides is 1. The third kappa shape index (κ3) is 7.16. The van der Waals surface area contributed by atoms with E-state index in [9.17, 15) is 9.59 Å². The molecular weight excluding hydrogens is 432 g/mol. The van der Waals surface area contributed by atoms with Crippen LogP contribution in [0, 0.1) is 0 Å². The maximum absolute atomic E-state index is 13.2. The van der Waals surface area contributed by atoms with Crippen molar-refractivity contribution in [1.29, 1.82) is 0 Å². The van der Waals surface area contributed by atoms with Gasteiger partial charge >= 0.3 is 5.97 Å². The largest absolute Gasteiger partial charge is 0.494 e. The standard InChI is InChI=1S/C27H30N2O5/c28-18-19-7-6-9-20(13-19)22-14-23(16-24(15-22)34-12-5-1-4-11-30)27(33)29-25-10-3-2-8-21(25)17-26(31)32/h2-3,6-10,13-16,30H,1,4-5,11-12,17-18,28H2,(H,29,33)(H,31,32). The Kier molecular flexibility index (Phi) is 9.20. The minimum absolute atomic E-state index is 0.153. The van der Waals surface area contributed by atoms with Crippen LogP contribution < -0.4 is 15.8 Å². The summed E-state index contributed by atoms with van der Waals surface area (Å²) in [5, 5.41) is 21.0. The molecule has 0 unspecified atom stereocenters. The summed E-state index contributed by atoms with van der Waals surface area (Å²) in [6.45, 7) is 1.03. The average Bonchev–Trinajstić information content (AvgIpc) is 2.84. The Morgan fingerprint density at radius 2 is 1.74 bits per heavy atom. The van der Waals surface area contributed by atoms with Gasteiger partial charge in [0, 0.05) is 24.4 Å². The number of anilines is 1. The first kappa shape index (κ1) is 25.0. The fraction of sp³-hybridized carbons (Fsp3) is 0.259. The molecule has 0 radical (unpaired) electrons. The highest BCUT2D eigenvalue weighted by atomic mass is 16.5. The van der Waals surface area contributed by atoms with Crippen LogP contribution in [0.5, 0.6) is 5.75 Å². The van der Waals surface area contributed by atoms with Gasteiger partial charge in [-0.05, 0) is 71.8 Å². The molecule has 3 aromatic rings. The van der Waals surface area contributed by atoms with Gasteiger partial charge < -0.3 is 26.0 Å². The zero-order valence-electron chi connectivity index (χ0n) is 19.0. The molecule has 3 rings (SSSR count). The average molecular weight is 463 g/mol. The van der Waals surface area contributed by atoms with Crippen LogP contribution >= 0.6 is 0 Å². The molecule has 0 heterocycles. The van der Waals surface area contributed by atoms with Crippen LogP contribution in [0.25, 0.3) is 11.1 Å². The number of rotatable bonds is 12. The lowest BCUT2D eigenvalue weighted by atomic mass is 10.00. The van der Waals surface area contributed by atoms with Crippen molar-refractivity contribution in [2.75, 3.05) is 18.5 Å². The second-order valence-electron chi connectivity index (χ2n) is 7.97. The molecule has 0 bridgehead atoms. The number of nitrogens with two attached hydrogens (primary N) is 1. The van der Waals surface area contributed by atoms with Gasteiger partial charge in [-0.3, -0.25) is 9.59 Å². The molecule has 0 aliphatic carbocycles. The van der Waals surface area contributed by atoms with E-state index >= 15 is 0 Å². The number of carbonyl (C=O) groups is 2. The number of hydrogen-bond acceptors (Lipinski definition) is 5. The molecule has 0 fully saturated rings. The topological polar surface area (TPSA) is 122 Å². The van der Waals surface area contributed by atoms with Crippen molar-refractivity contribution in [3.63, 3.8) is 0 Å². The summed E-state index contributed by atoms with van der Waals surface area (Å²) in [6, 6.07) is 20.0. The normalized spacial score (nSPS) is 10.6. The van der Waals surface area contributed by atoms with Crippen molar-refractivity contribution in [3.8, 4) is 16.9 Å². The first-order chi connectivity index (χ1) is 16.5. The van der Waals surface area contributed by atoms with Crippen LogP contribution in [-0.4, -0.2) is 35.3 Å². The lowest BCUT2D eigenvalue weighted by Gasteiger charge is -2.14. The molecule has 0 spiro atoms. The van der Waals surface area contributed by atoms with Crippen LogP contribution in [0.15, 0.2) is 66.7 Å². The fourth-order valence-corrected chi connectivity index (χ4v) is 3.59. The highest BCUT2D eigenvalue weighted by Crippen LogP contribution is 2.28. The van der Waals surface area contributed by atoms with E-state index in [0.717, 1.165) is 36.0 Å². The van der Waals surface area contributed by atoms with Gasteiger partial charge in [0.15, 0.2) is 0 Å². The van der Waals surface area contributed by atoms with Gasteiger partial charge in [0.2, 0.25) is 0 Å². The molecule has 1 amide bonds. The van der Waals surface area contributed by atoms with Gasteiger partial charge in [-0.15, -0.1) is 0 Å². The summed E-state index contributed by atoms with van der Waals surface area (Å²) in [5.41, 5.74) is 9.87. The molecule has 7 nitrogen and oxygen atoms in total. The number of carbonyl (C=O) groups excluding carboxylic acids is 1. The van der Waals surface area contributed by atoms with Crippen molar-refractivity contribution >= 4 is 17.6 Å². The molecule has 0 aliphatic rings. The Morgan fingerprint density at radius 3 is 2.50 bits per heavy atom. The summed E-state index contributed by atoms with van der Waals surface area (Å²) < 4.78 is 5.92.